The van der Waals surface area contributed by atoms with Crippen LogP contribution in [0.2, 0.25) is 0 Å². The summed E-state index contributed by atoms with van der Waals surface area (Å²) in [7, 11) is 0. The van der Waals surface area contributed by atoms with Gasteiger partial charge in [0.15, 0.2) is 0 Å². The van der Waals surface area contributed by atoms with Crippen molar-refractivity contribution in [3.05, 3.63) is 46.0 Å². The maximum atomic E-state index is 11.9. The van der Waals surface area contributed by atoms with Crippen LogP contribution in [-0.2, 0) is 13.1 Å². The molecular formula is C13H13BrN2O3. The van der Waals surface area contributed by atoms with Gasteiger partial charge in [0.2, 0.25) is 0 Å². The zero-order valence-corrected chi connectivity index (χ0v) is 11.7. The molecule has 100 valence electrons. The fourth-order valence-corrected chi connectivity index (χ4v) is 2.09. The second kappa shape index (κ2) is 5.44. The van der Waals surface area contributed by atoms with Crippen LogP contribution < -0.4 is 5.32 Å². The number of amides is 2. The Hall–Kier alpha value is -1.82. The quantitative estimate of drug-likeness (QED) is 0.896. The topological polar surface area (TPSA) is 69.6 Å². The molecule has 0 unspecified atom stereocenters. The van der Waals surface area contributed by atoms with Crippen molar-refractivity contribution in [2.45, 2.75) is 13.1 Å². The van der Waals surface area contributed by atoms with Gasteiger partial charge in [-0.1, -0.05) is 28.6 Å². The van der Waals surface area contributed by atoms with Gasteiger partial charge in [-0.15, -0.1) is 0 Å². The highest BCUT2D eigenvalue weighted by atomic mass is 79.9. The second-order valence-electron chi connectivity index (χ2n) is 4.32. The molecule has 2 rings (SSSR count). The van der Waals surface area contributed by atoms with Crippen molar-refractivity contribution in [1.29, 1.82) is 0 Å². The van der Waals surface area contributed by atoms with Gasteiger partial charge in [0, 0.05) is 17.6 Å². The Kier molecular flexibility index (Phi) is 3.90. The molecule has 19 heavy (non-hydrogen) atoms. The van der Waals surface area contributed by atoms with Crippen molar-refractivity contribution in [3.63, 3.8) is 0 Å². The SMILES string of the molecule is C=C(Br)CNC(=O)N1Cc2ccc(C(=O)O)cc2C1. The number of fused-ring (bicyclic) bond motifs is 1. The van der Waals surface area contributed by atoms with Gasteiger partial charge in [0.05, 0.1) is 12.1 Å². The van der Waals surface area contributed by atoms with Crippen molar-refractivity contribution >= 4 is 27.9 Å². The van der Waals surface area contributed by atoms with E-state index in [-0.39, 0.29) is 11.6 Å². The van der Waals surface area contributed by atoms with E-state index in [1.807, 2.05) is 0 Å². The number of aromatic carboxylic acids is 1. The fraction of sp³-hybridized carbons (Fsp3) is 0.231. The largest absolute Gasteiger partial charge is 0.478 e. The molecule has 2 N–H and O–H groups in total. The molecule has 0 atom stereocenters. The highest BCUT2D eigenvalue weighted by Crippen LogP contribution is 2.23. The standard InChI is InChI=1S/C13H13BrN2O3/c1-8(14)5-15-13(19)16-6-10-3-2-9(12(17)18)4-11(10)7-16/h2-4H,1,5-7H2,(H,15,19)(H,17,18). The minimum atomic E-state index is -0.957. The Morgan fingerprint density at radius 1 is 1.37 bits per heavy atom. The molecule has 0 aromatic heterocycles. The minimum absolute atomic E-state index is 0.186. The molecule has 1 heterocycles. The Morgan fingerprint density at radius 2 is 2.05 bits per heavy atom. The van der Waals surface area contributed by atoms with Crippen LogP contribution in [0.1, 0.15) is 21.5 Å². The third-order valence-corrected chi connectivity index (χ3v) is 3.17. The summed E-state index contributed by atoms with van der Waals surface area (Å²) in [5, 5.41) is 11.6. The van der Waals surface area contributed by atoms with Gasteiger partial charge in [-0.2, -0.15) is 0 Å². The second-order valence-corrected chi connectivity index (χ2v) is 5.44. The Labute approximate surface area is 119 Å². The Balaban J connectivity index is 2.05. The number of hydrogen-bond donors (Lipinski definition) is 2. The molecule has 1 aliphatic heterocycles. The number of benzene rings is 1. The number of hydrogen-bond acceptors (Lipinski definition) is 2. The molecule has 6 heteroatoms. The van der Waals surface area contributed by atoms with Crippen LogP contribution in [0.15, 0.2) is 29.3 Å². The predicted molar refractivity (Wildman–Crippen MR) is 74.1 cm³/mol. The lowest BCUT2D eigenvalue weighted by Crippen LogP contribution is -2.36. The third-order valence-electron chi connectivity index (χ3n) is 2.89. The molecule has 5 nitrogen and oxygen atoms in total. The number of urea groups is 1. The summed E-state index contributed by atoms with van der Waals surface area (Å²) >= 11 is 3.17. The smallest absolute Gasteiger partial charge is 0.335 e. The summed E-state index contributed by atoms with van der Waals surface area (Å²) in [5.74, 6) is -0.957. The Morgan fingerprint density at radius 3 is 2.68 bits per heavy atom. The predicted octanol–water partition coefficient (Wildman–Crippen LogP) is 2.32. The van der Waals surface area contributed by atoms with E-state index in [9.17, 15) is 9.59 Å². The van der Waals surface area contributed by atoms with Crippen molar-refractivity contribution in [3.8, 4) is 0 Å². The summed E-state index contributed by atoms with van der Waals surface area (Å²) in [5.41, 5.74) is 2.11. The van der Waals surface area contributed by atoms with Crippen LogP contribution in [0, 0.1) is 0 Å². The molecular weight excluding hydrogens is 312 g/mol. The van der Waals surface area contributed by atoms with E-state index in [0.717, 1.165) is 11.1 Å². The van der Waals surface area contributed by atoms with E-state index >= 15 is 0 Å². The van der Waals surface area contributed by atoms with Crippen LogP contribution in [0.5, 0.6) is 0 Å². The van der Waals surface area contributed by atoms with E-state index in [1.54, 1.807) is 23.1 Å². The van der Waals surface area contributed by atoms with Gasteiger partial charge in [-0.3, -0.25) is 0 Å². The molecule has 0 bridgehead atoms. The number of carbonyl (C=O) groups excluding carboxylic acids is 1. The number of carboxylic acids is 1. The summed E-state index contributed by atoms with van der Waals surface area (Å²) < 4.78 is 0.700. The number of halogens is 1. The first kappa shape index (κ1) is 13.6. The lowest BCUT2D eigenvalue weighted by Gasteiger charge is -2.16. The molecule has 0 spiro atoms. The lowest BCUT2D eigenvalue weighted by atomic mass is 10.1. The van der Waals surface area contributed by atoms with Crippen LogP contribution in [0.4, 0.5) is 4.79 Å². The van der Waals surface area contributed by atoms with Gasteiger partial charge in [-0.05, 0) is 23.3 Å². The van der Waals surface area contributed by atoms with Gasteiger partial charge < -0.3 is 15.3 Å². The molecule has 2 amide bonds. The summed E-state index contributed by atoms with van der Waals surface area (Å²) in [6.45, 7) is 4.93. The van der Waals surface area contributed by atoms with Gasteiger partial charge >= 0.3 is 12.0 Å². The van der Waals surface area contributed by atoms with Gasteiger partial charge in [0.25, 0.3) is 0 Å². The summed E-state index contributed by atoms with van der Waals surface area (Å²) in [4.78, 5) is 24.4. The zero-order valence-electron chi connectivity index (χ0n) is 10.1. The van der Waals surface area contributed by atoms with E-state index in [0.29, 0.717) is 24.1 Å². The number of nitrogens with zero attached hydrogens (tertiary/aromatic N) is 1. The third kappa shape index (κ3) is 3.14. The first-order chi connectivity index (χ1) is 8.97. The van der Waals surface area contributed by atoms with Crippen molar-refractivity contribution in [1.82, 2.24) is 10.2 Å². The van der Waals surface area contributed by atoms with Gasteiger partial charge in [-0.25, -0.2) is 9.59 Å². The van der Waals surface area contributed by atoms with Crippen molar-refractivity contribution in [2.75, 3.05) is 6.54 Å². The average Bonchev–Trinajstić information content (AvgIpc) is 2.78. The lowest BCUT2D eigenvalue weighted by molar-refractivity contribution is 0.0696. The number of rotatable bonds is 3. The summed E-state index contributed by atoms with van der Waals surface area (Å²) in [6.07, 6.45) is 0. The average molecular weight is 325 g/mol. The van der Waals surface area contributed by atoms with E-state index in [1.165, 1.54) is 0 Å². The molecule has 1 aromatic carbocycles. The zero-order chi connectivity index (χ0) is 14.0. The number of carbonyl (C=O) groups is 2. The van der Waals surface area contributed by atoms with Crippen LogP contribution in [-0.4, -0.2) is 28.6 Å². The van der Waals surface area contributed by atoms with Crippen LogP contribution in [0.3, 0.4) is 0 Å². The molecule has 1 aliphatic rings. The number of nitrogens with one attached hydrogen (secondary N) is 1. The highest BCUT2D eigenvalue weighted by molar-refractivity contribution is 9.11. The minimum Gasteiger partial charge on any atom is -0.478 e. The molecule has 0 fully saturated rings. The maximum Gasteiger partial charge on any atom is 0.335 e. The van der Waals surface area contributed by atoms with Gasteiger partial charge in [0.1, 0.15) is 0 Å². The molecule has 0 saturated heterocycles. The first-order valence-electron chi connectivity index (χ1n) is 5.68. The van der Waals surface area contributed by atoms with Crippen molar-refractivity contribution < 1.29 is 14.7 Å². The monoisotopic (exact) mass is 324 g/mol. The maximum absolute atomic E-state index is 11.9. The molecule has 0 aliphatic carbocycles. The van der Waals surface area contributed by atoms with E-state index < -0.39 is 5.97 Å². The van der Waals surface area contributed by atoms with Crippen molar-refractivity contribution in [2.24, 2.45) is 0 Å². The van der Waals surface area contributed by atoms with Crippen LogP contribution in [0.25, 0.3) is 0 Å². The normalized spacial score (nSPS) is 13.0. The van der Waals surface area contributed by atoms with E-state index in [2.05, 4.69) is 27.8 Å². The summed E-state index contributed by atoms with van der Waals surface area (Å²) in [6, 6.07) is 4.75. The highest BCUT2D eigenvalue weighted by Gasteiger charge is 2.23. The molecule has 0 saturated carbocycles. The molecule has 0 radical (unpaired) electrons. The van der Waals surface area contributed by atoms with E-state index in [4.69, 9.17) is 5.11 Å². The molecule has 1 aromatic rings. The Bertz CT molecular complexity index is 557. The first-order valence-corrected chi connectivity index (χ1v) is 6.48. The fourth-order valence-electron chi connectivity index (χ4n) is 1.95. The van der Waals surface area contributed by atoms with Crippen LogP contribution >= 0.6 is 15.9 Å². The number of carboxylic acid groups (broad SMARTS) is 1.